The monoisotopic (exact) mass is 601 g/mol. The summed E-state index contributed by atoms with van der Waals surface area (Å²) in [5, 5.41) is 14.1. The summed E-state index contributed by atoms with van der Waals surface area (Å²) in [5.41, 5.74) is 2.47. The highest BCUT2D eigenvalue weighted by Gasteiger charge is 2.24. The number of carbonyl (C=O) groups excluding carboxylic acids is 1. The van der Waals surface area contributed by atoms with E-state index in [1.807, 2.05) is 31.2 Å². The minimum absolute atomic E-state index is 0.0615. The fraction of sp³-hybridized carbons (Fsp3) is 0.100. The van der Waals surface area contributed by atoms with Crippen LogP contribution in [0.3, 0.4) is 0 Å². The second-order valence-corrected chi connectivity index (χ2v) is 9.37. The molecule has 2 aromatic carbocycles. The number of aryl methyl sites for hydroxylation is 1. The summed E-state index contributed by atoms with van der Waals surface area (Å²) in [6.45, 7) is 1.96. The second kappa shape index (κ2) is 8.99. The van der Waals surface area contributed by atoms with Crippen LogP contribution >= 0.6 is 59.1 Å². The van der Waals surface area contributed by atoms with Gasteiger partial charge in [0.15, 0.2) is 0 Å². The number of thiophene rings is 1. The number of halogens is 3. The number of nitrogens with one attached hydrogen (secondary N) is 1. The van der Waals surface area contributed by atoms with E-state index >= 15 is 0 Å². The molecule has 1 heterocycles. The van der Waals surface area contributed by atoms with Crippen molar-refractivity contribution in [3.8, 4) is 16.2 Å². The van der Waals surface area contributed by atoms with Gasteiger partial charge in [-0.25, -0.2) is 4.79 Å². The molecule has 0 saturated carbocycles. The van der Waals surface area contributed by atoms with E-state index in [-0.39, 0.29) is 11.3 Å². The van der Waals surface area contributed by atoms with E-state index in [0.717, 1.165) is 11.1 Å². The Morgan fingerprint density at radius 2 is 1.76 bits per heavy atom. The van der Waals surface area contributed by atoms with E-state index in [4.69, 9.17) is 4.74 Å². The van der Waals surface area contributed by atoms with E-state index in [9.17, 15) is 14.7 Å². The first-order chi connectivity index (χ1) is 13.7. The molecule has 1 aromatic heterocycles. The molecule has 3 aromatic rings. The molecule has 0 saturated heterocycles. The lowest BCUT2D eigenvalue weighted by Crippen LogP contribution is -2.15. The minimum atomic E-state index is -1.11. The Hall–Kier alpha value is -1.68. The third-order valence-corrected chi connectivity index (χ3v) is 7.89. The number of aromatic carboxylic acids is 1. The Labute approximate surface area is 196 Å². The van der Waals surface area contributed by atoms with Crippen LogP contribution < -0.4 is 10.1 Å². The highest BCUT2D eigenvalue weighted by atomic mass is 79.9. The van der Waals surface area contributed by atoms with Crippen molar-refractivity contribution in [1.82, 2.24) is 0 Å². The number of benzene rings is 2. The summed E-state index contributed by atoms with van der Waals surface area (Å²) in [4.78, 5) is 25.4. The van der Waals surface area contributed by atoms with Crippen LogP contribution in [0.2, 0.25) is 0 Å². The van der Waals surface area contributed by atoms with Crippen molar-refractivity contribution in [3.05, 3.63) is 65.8 Å². The lowest BCUT2D eigenvalue weighted by molar-refractivity contribution is 0.0699. The van der Waals surface area contributed by atoms with E-state index in [1.54, 1.807) is 11.4 Å². The molecular formula is C20H14Br3NO4S. The van der Waals surface area contributed by atoms with Gasteiger partial charge in [0.1, 0.15) is 11.3 Å². The maximum atomic E-state index is 12.9. The van der Waals surface area contributed by atoms with Gasteiger partial charge in [-0.3, -0.25) is 4.79 Å². The number of hydrogen-bond acceptors (Lipinski definition) is 4. The Morgan fingerprint density at radius 1 is 1.10 bits per heavy atom. The predicted molar refractivity (Wildman–Crippen MR) is 125 cm³/mol. The van der Waals surface area contributed by atoms with Crippen molar-refractivity contribution in [2.24, 2.45) is 0 Å². The smallest absolute Gasteiger partial charge is 0.339 e. The zero-order valence-corrected chi connectivity index (χ0v) is 20.8. The summed E-state index contributed by atoms with van der Waals surface area (Å²) in [7, 11) is 1.49. The molecule has 0 fully saturated rings. The van der Waals surface area contributed by atoms with Gasteiger partial charge in [-0.05, 0) is 66.3 Å². The Morgan fingerprint density at radius 3 is 2.34 bits per heavy atom. The lowest BCUT2D eigenvalue weighted by atomic mass is 10.1. The van der Waals surface area contributed by atoms with Gasteiger partial charge < -0.3 is 15.2 Å². The number of hydrogen-bond donors (Lipinski definition) is 2. The number of carboxylic acids is 1. The number of anilines is 1. The molecule has 0 unspecified atom stereocenters. The largest absolute Gasteiger partial charge is 0.494 e. The van der Waals surface area contributed by atoms with Gasteiger partial charge in [0.25, 0.3) is 5.91 Å². The van der Waals surface area contributed by atoms with Crippen LogP contribution in [-0.2, 0) is 0 Å². The van der Waals surface area contributed by atoms with Crippen LogP contribution in [0.5, 0.6) is 5.75 Å². The summed E-state index contributed by atoms with van der Waals surface area (Å²) in [6, 6.07) is 9.20. The van der Waals surface area contributed by atoms with Gasteiger partial charge in [0, 0.05) is 9.85 Å². The average molecular weight is 604 g/mol. The normalized spacial score (nSPS) is 10.7. The molecule has 0 aliphatic carbocycles. The summed E-state index contributed by atoms with van der Waals surface area (Å²) >= 11 is 11.4. The molecule has 0 atom stereocenters. The minimum Gasteiger partial charge on any atom is -0.494 e. The molecular weight excluding hydrogens is 590 g/mol. The zero-order valence-electron chi connectivity index (χ0n) is 15.2. The average Bonchev–Trinajstić information content (AvgIpc) is 3.09. The van der Waals surface area contributed by atoms with Crippen LogP contribution in [0.15, 0.2) is 49.1 Å². The molecule has 150 valence electrons. The number of ether oxygens (including phenoxy) is 1. The Kier molecular flexibility index (Phi) is 6.83. The Bertz CT molecular complexity index is 1110. The molecule has 0 bridgehead atoms. The third kappa shape index (κ3) is 4.42. The van der Waals surface area contributed by atoms with Gasteiger partial charge in [-0.2, -0.15) is 0 Å². The molecule has 0 aliphatic heterocycles. The van der Waals surface area contributed by atoms with Crippen LogP contribution in [0.4, 0.5) is 5.69 Å². The topological polar surface area (TPSA) is 75.6 Å². The van der Waals surface area contributed by atoms with Crippen LogP contribution in [0.25, 0.3) is 10.4 Å². The molecule has 3 rings (SSSR count). The van der Waals surface area contributed by atoms with Gasteiger partial charge >= 0.3 is 5.97 Å². The number of carboxylic acid groups (broad SMARTS) is 1. The first-order valence-corrected chi connectivity index (χ1v) is 11.4. The van der Waals surface area contributed by atoms with Crippen molar-refractivity contribution in [3.63, 3.8) is 0 Å². The van der Waals surface area contributed by atoms with Crippen LogP contribution in [0, 0.1) is 6.92 Å². The van der Waals surface area contributed by atoms with Gasteiger partial charge in [-0.15, -0.1) is 11.3 Å². The standard InChI is InChI=1S/C20H14Br3NO4S/c1-9-3-5-10(6-4-9)18-14(20(26)27)13(8-29-18)24-19(25)11-7-12(21)16(23)17(28-2)15(11)22/h3-8H,1-2H3,(H,24,25)(H,26,27). The van der Waals surface area contributed by atoms with Crippen molar-refractivity contribution in [2.45, 2.75) is 6.92 Å². The molecule has 0 radical (unpaired) electrons. The highest BCUT2D eigenvalue weighted by Crippen LogP contribution is 2.42. The Balaban J connectivity index is 2.01. The van der Waals surface area contributed by atoms with E-state index in [2.05, 4.69) is 53.1 Å². The second-order valence-electron chi connectivity index (χ2n) is 6.05. The first kappa shape index (κ1) is 22.0. The van der Waals surface area contributed by atoms with Crippen molar-refractivity contribution in [2.75, 3.05) is 12.4 Å². The summed E-state index contributed by atoms with van der Waals surface area (Å²) in [5.74, 6) is -1.11. The first-order valence-electron chi connectivity index (χ1n) is 8.19. The SMILES string of the molecule is COc1c(Br)c(Br)cc(C(=O)Nc2csc(-c3ccc(C)cc3)c2C(=O)O)c1Br. The molecule has 2 N–H and O–H groups in total. The molecule has 29 heavy (non-hydrogen) atoms. The molecule has 0 aliphatic rings. The van der Waals surface area contributed by atoms with E-state index in [0.29, 0.717) is 29.6 Å². The number of amides is 1. The van der Waals surface area contributed by atoms with E-state index in [1.165, 1.54) is 18.4 Å². The lowest BCUT2D eigenvalue weighted by Gasteiger charge is -2.13. The van der Waals surface area contributed by atoms with Crippen molar-refractivity contribution < 1.29 is 19.4 Å². The maximum Gasteiger partial charge on any atom is 0.339 e. The van der Waals surface area contributed by atoms with Crippen LogP contribution in [0.1, 0.15) is 26.3 Å². The highest BCUT2D eigenvalue weighted by molar-refractivity contribution is 9.13. The van der Waals surface area contributed by atoms with Gasteiger partial charge in [-0.1, -0.05) is 29.8 Å². The molecule has 9 heteroatoms. The third-order valence-electron chi connectivity index (χ3n) is 4.13. The predicted octanol–water partition coefficient (Wildman–Crippen LogP) is 6.97. The van der Waals surface area contributed by atoms with E-state index < -0.39 is 11.9 Å². The maximum absolute atomic E-state index is 12.9. The molecule has 0 spiro atoms. The van der Waals surface area contributed by atoms with Gasteiger partial charge in [0.05, 0.1) is 32.2 Å². The van der Waals surface area contributed by atoms with Gasteiger partial charge in [0.2, 0.25) is 0 Å². The summed E-state index contributed by atoms with van der Waals surface area (Å²) in [6.07, 6.45) is 0. The molecule has 1 amide bonds. The van der Waals surface area contributed by atoms with Crippen LogP contribution in [-0.4, -0.2) is 24.1 Å². The molecule has 5 nitrogen and oxygen atoms in total. The number of methoxy groups -OCH3 is 1. The zero-order chi connectivity index (χ0) is 21.3. The summed E-state index contributed by atoms with van der Waals surface area (Å²) < 4.78 is 7.08. The van der Waals surface area contributed by atoms with Crippen molar-refractivity contribution in [1.29, 1.82) is 0 Å². The number of rotatable bonds is 5. The fourth-order valence-corrected chi connectivity index (χ4v) is 5.50. The number of carbonyl (C=O) groups is 2. The van der Waals surface area contributed by atoms with Crippen molar-refractivity contribution >= 4 is 76.7 Å². The fourth-order valence-electron chi connectivity index (χ4n) is 2.69. The quantitative estimate of drug-likeness (QED) is 0.309.